The molecule has 0 saturated carbocycles. The van der Waals surface area contributed by atoms with Crippen LogP contribution in [0.2, 0.25) is 0 Å². The smallest absolute Gasteiger partial charge is 0.340 e. The zero-order chi connectivity index (χ0) is 28.6. The molecular formula is C24H27F5N6O3S. The fraction of sp³-hybridized carbons (Fsp3) is 0.500. The number of anilines is 1. The molecule has 4 rings (SSSR count). The van der Waals surface area contributed by atoms with Gasteiger partial charge in [-0.1, -0.05) is 0 Å². The van der Waals surface area contributed by atoms with Gasteiger partial charge in [0.1, 0.15) is 44.9 Å². The molecule has 1 amide bonds. The number of fused-ring (bicyclic) bond motifs is 1. The first-order valence-electron chi connectivity index (χ1n) is 12.0. The number of carbonyl (C=O) groups excluding carboxylic acids is 1. The highest BCUT2D eigenvalue weighted by molar-refractivity contribution is 7.95. The molecule has 4 heterocycles. The number of aromatic nitrogens is 2. The van der Waals surface area contributed by atoms with Crippen LogP contribution in [0, 0.1) is 5.82 Å². The van der Waals surface area contributed by atoms with Crippen molar-refractivity contribution in [2.45, 2.75) is 55.7 Å². The average Bonchev–Trinajstić information content (AvgIpc) is 3.02. The summed E-state index contributed by atoms with van der Waals surface area (Å²) in [7, 11) is -2.93. The predicted octanol–water partition coefficient (Wildman–Crippen LogP) is 4.14. The average molecular weight is 575 g/mol. The molecule has 3 N–H and O–H groups in total. The van der Waals surface area contributed by atoms with E-state index in [4.69, 9.17) is 5.73 Å². The molecule has 3 atom stereocenters. The number of halogens is 5. The minimum absolute atomic E-state index is 0.0637. The standard InChI is InChI=1S/C24H27F5N6O3S/c1-22(13-39(37)23(2,21(30)35-22)9-3-4-10-32-39)18-15(25)6-8-17(33-18)34-19(36)16-7-5-14(11-31-16)38-12-24(28,29)20(26)27/h5-8,11,20H,3-4,9-10,12-13H2,1-2H3,(H2,30,35)(H,33,34,36). The first kappa shape index (κ1) is 28.6. The first-order chi connectivity index (χ1) is 18.2. The molecule has 0 aliphatic carbocycles. The van der Waals surface area contributed by atoms with E-state index in [1.165, 1.54) is 6.07 Å². The number of alkyl halides is 4. The van der Waals surface area contributed by atoms with Gasteiger partial charge in [0.05, 0.1) is 21.7 Å². The van der Waals surface area contributed by atoms with Crippen molar-refractivity contribution in [3.63, 3.8) is 0 Å². The third kappa shape index (κ3) is 5.54. The summed E-state index contributed by atoms with van der Waals surface area (Å²) in [5.74, 6) is -6.18. The van der Waals surface area contributed by atoms with Crippen LogP contribution in [0.1, 0.15) is 49.3 Å². The maximum absolute atomic E-state index is 15.0. The van der Waals surface area contributed by atoms with Gasteiger partial charge < -0.3 is 15.8 Å². The number of nitrogens with zero attached hydrogens (tertiary/aromatic N) is 4. The summed E-state index contributed by atoms with van der Waals surface area (Å²) >= 11 is 0. The van der Waals surface area contributed by atoms with Gasteiger partial charge in [0.15, 0.2) is 6.61 Å². The number of rotatable bonds is 7. The molecule has 0 saturated heterocycles. The molecule has 39 heavy (non-hydrogen) atoms. The fourth-order valence-corrected chi connectivity index (χ4v) is 7.33. The summed E-state index contributed by atoms with van der Waals surface area (Å²) in [6, 6.07) is 4.52. The van der Waals surface area contributed by atoms with Crippen LogP contribution in [0.15, 0.2) is 39.8 Å². The Labute approximate surface area is 221 Å². The van der Waals surface area contributed by atoms with E-state index >= 15 is 4.39 Å². The first-order valence-corrected chi connectivity index (χ1v) is 13.7. The molecule has 2 aromatic rings. The second-order valence-electron chi connectivity index (χ2n) is 9.81. The van der Waals surface area contributed by atoms with Crippen LogP contribution in [0.3, 0.4) is 0 Å². The Balaban J connectivity index is 1.55. The number of nitrogens with one attached hydrogen (secondary N) is 1. The van der Waals surface area contributed by atoms with Crippen LogP contribution in [-0.4, -0.2) is 61.9 Å². The second-order valence-corrected chi connectivity index (χ2v) is 12.5. The van der Waals surface area contributed by atoms with Gasteiger partial charge in [-0.25, -0.2) is 31.7 Å². The Kier molecular flexibility index (Phi) is 7.58. The van der Waals surface area contributed by atoms with Crippen LogP contribution >= 0.6 is 0 Å². The lowest BCUT2D eigenvalue weighted by Crippen LogP contribution is -2.56. The van der Waals surface area contributed by atoms with Crippen molar-refractivity contribution in [3.05, 3.63) is 47.7 Å². The van der Waals surface area contributed by atoms with Crippen molar-refractivity contribution in [1.29, 1.82) is 0 Å². The van der Waals surface area contributed by atoms with Crippen molar-refractivity contribution in [1.82, 2.24) is 9.97 Å². The summed E-state index contributed by atoms with van der Waals surface area (Å²) in [6.45, 7) is 2.15. The summed E-state index contributed by atoms with van der Waals surface area (Å²) < 4.78 is 87.8. The van der Waals surface area contributed by atoms with Gasteiger partial charge in [-0.3, -0.25) is 9.79 Å². The lowest BCUT2D eigenvalue weighted by Gasteiger charge is -2.41. The molecule has 0 fully saturated rings. The van der Waals surface area contributed by atoms with Crippen LogP contribution < -0.4 is 15.8 Å². The summed E-state index contributed by atoms with van der Waals surface area (Å²) in [6.07, 6.45) is -0.897. The van der Waals surface area contributed by atoms with Gasteiger partial charge in [0.2, 0.25) is 0 Å². The molecule has 15 heteroatoms. The molecule has 9 nitrogen and oxygen atoms in total. The number of ether oxygens (including phenoxy) is 1. The highest BCUT2D eigenvalue weighted by atomic mass is 32.2. The van der Waals surface area contributed by atoms with Crippen molar-refractivity contribution in [3.8, 4) is 5.75 Å². The van der Waals surface area contributed by atoms with Crippen LogP contribution in [0.25, 0.3) is 0 Å². The number of amides is 1. The molecule has 2 aliphatic heterocycles. The summed E-state index contributed by atoms with van der Waals surface area (Å²) in [5.41, 5.74) is 4.52. The van der Waals surface area contributed by atoms with Gasteiger partial charge >= 0.3 is 12.3 Å². The second kappa shape index (κ2) is 10.3. The molecule has 0 spiro atoms. The third-order valence-electron chi connectivity index (χ3n) is 6.77. The number of carbonyl (C=O) groups is 1. The zero-order valence-corrected chi connectivity index (χ0v) is 21.9. The van der Waals surface area contributed by atoms with E-state index in [0.29, 0.717) is 13.0 Å². The number of pyridine rings is 2. The van der Waals surface area contributed by atoms with Crippen molar-refractivity contribution in [2.75, 3.05) is 24.2 Å². The number of hydrogen-bond donors (Lipinski definition) is 2. The van der Waals surface area contributed by atoms with Crippen LogP contribution in [0.5, 0.6) is 5.75 Å². The van der Waals surface area contributed by atoms with Crippen LogP contribution in [0.4, 0.5) is 27.8 Å². The van der Waals surface area contributed by atoms with Gasteiger partial charge in [0, 0.05) is 6.54 Å². The third-order valence-corrected chi connectivity index (χ3v) is 10.1. The fourth-order valence-electron chi connectivity index (χ4n) is 4.42. The molecule has 3 unspecified atom stereocenters. The van der Waals surface area contributed by atoms with E-state index < -0.39 is 50.7 Å². The summed E-state index contributed by atoms with van der Waals surface area (Å²) in [5, 5.41) is 2.45. The molecule has 2 aliphatic rings. The Morgan fingerprint density at radius 3 is 2.64 bits per heavy atom. The topological polar surface area (TPSA) is 132 Å². The summed E-state index contributed by atoms with van der Waals surface area (Å²) in [4.78, 5) is 25.2. The largest absolute Gasteiger partial charge is 0.485 e. The highest BCUT2D eigenvalue weighted by Crippen LogP contribution is 2.41. The Morgan fingerprint density at radius 2 is 1.97 bits per heavy atom. The molecule has 0 bridgehead atoms. The van der Waals surface area contributed by atoms with Gasteiger partial charge in [-0.15, -0.1) is 0 Å². The monoisotopic (exact) mass is 574 g/mol. The lowest BCUT2D eigenvalue weighted by molar-refractivity contribution is -0.148. The Morgan fingerprint density at radius 1 is 1.23 bits per heavy atom. The maximum atomic E-state index is 15.0. The molecule has 212 valence electrons. The SMILES string of the molecule is CC1(c2nc(NC(=O)c3ccc(OCC(F)(F)C(F)F)cn3)ccc2F)CS2(=O)=NCCCCC2(C)C(N)=N1. The maximum Gasteiger partial charge on any atom is 0.340 e. The van der Waals surface area contributed by atoms with E-state index in [1.807, 2.05) is 0 Å². The van der Waals surface area contributed by atoms with E-state index in [2.05, 4.69) is 29.4 Å². The number of nitrogens with two attached hydrogens (primary N) is 1. The number of aliphatic imine (C=N–C) groups is 1. The van der Waals surface area contributed by atoms with Gasteiger partial charge in [-0.05, 0) is 57.4 Å². The van der Waals surface area contributed by atoms with Crippen LogP contribution in [-0.2, 0) is 15.3 Å². The number of amidine groups is 1. The number of hydrogen-bond acceptors (Lipinski definition) is 8. The van der Waals surface area contributed by atoms with E-state index in [0.717, 1.165) is 37.2 Å². The van der Waals surface area contributed by atoms with E-state index in [-0.39, 0.29) is 34.5 Å². The van der Waals surface area contributed by atoms with Gasteiger partial charge in [0.25, 0.3) is 5.91 Å². The predicted molar refractivity (Wildman–Crippen MR) is 134 cm³/mol. The molecule has 0 aromatic carbocycles. The zero-order valence-electron chi connectivity index (χ0n) is 21.1. The molecular weight excluding hydrogens is 547 g/mol. The van der Waals surface area contributed by atoms with E-state index in [9.17, 15) is 26.6 Å². The Hall–Kier alpha value is -3.36. The normalized spacial score (nSPS) is 27.1. The molecule has 2 aromatic heterocycles. The lowest BCUT2D eigenvalue weighted by atomic mass is 9.96. The van der Waals surface area contributed by atoms with Crippen molar-refractivity contribution in [2.24, 2.45) is 15.1 Å². The van der Waals surface area contributed by atoms with Gasteiger partial charge in [-0.2, -0.15) is 8.78 Å². The van der Waals surface area contributed by atoms with Crippen molar-refractivity contribution >= 4 is 27.3 Å². The molecule has 0 radical (unpaired) electrons. The highest BCUT2D eigenvalue weighted by Gasteiger charge is 2.51. The minimum atomic E-state index is -4.35. The van der Waals surface area contributed by atoms with E-state index in [1.54, 1.807) is 13.8 Å². The minimum Gasteiger partial charge on any atom is -0.485 e. The van der Waals surface area contributed by atoms with Crippen molar-refractivity contribution < 1.29 is 35.7 Å². The quantitative estimate of drug-likeness (QED) is 0.478. The Bertz CT molecular complexity index is 1410.